The van der Waals surface area contributed by atoms with Gasteiger partial charge in [-0.1, -0.05) is 24.3 Å². The quantitative estimate of drug-likeness (QED) is 0.853. The van der Waals surface area contributed by atoms with Gasteiger partial charge in [0.2, 0.25) is 5.91 Å². The van der Waals surface area contributed by atoms with E-state index in [-0.39, 0.29) is 37.4 Å². The lowest BCUT2D eigenvalue weighted by molar-refractivity contribution is -0.142. The summed E-state index contributed by atoms with van der Waals surface area (Å²) in [6, 6.07) is 8.12. The number of carbonyl (C=O) groups is 2. The van der Waals surface area contributed by atoms with Crippen molar-refractivity contribution in [3.8, 4) is 0 Å². The third-order valence-corrected chi connectivity index (χ3v) is 4.97. The Morgan fingerprint density at radius 1 is 1.16 bits per heavy atom. The Morgan fingerprint density at radius 3 is 2.68 bits per heavy atom. The van der Waals surface area contributed by atoms with Gasteiger partial charge in [0.25, 0.3) is 0 Å². The molecule has 1 unspecified atom stereocenters. The van der Waals surface area contributed by atoms with E-state index in [1.165, 1.54) is 5.56 Å². The van der Waals surface area contributed by atoms with E-state index in [1.807, 2.05) is 18.2 Å². The van der Waals surface area contributed by atoms with E-state index in [9.17, 15) is 9.59 Å². The number of rotatable bonds is 6. The first kappa shape index (κ1) is 17.9. The summed E-state index contributed by atoms with van der Waals surface area (Å²) in [6.07, 6.45) is 2.36. The number of benzene rings is 1. The Balaban J connectivity index is 1.70. The molecule has 1 saturated heterocycles. The lowest BCUT2D eigenvalue weighted by atomic mass is 9.95. The molecule has 0 aliphatic carbocycles. The lowest BCUT2D eigenvalue weighted by Crippen LogP contribution is -2.45. The van der Waals surface area contributed by atoms with Gasteiger partial charge in [-0.25, -0.2) is 0 Å². The molecular weight excluding hydrogens is 322 g/mol. The molecule has 2 aliphatic heterocycles. The number of nitrogens with zero attached hydrogens (tertiary/aromatic N) is 1. The van der Waals surface area contributed by atoms with Crippen LogP contribution in [0.1, 0.15) is 42.9 Å². The fraction of sp³-hybridized carbons (Fsp3) is 0.579. The maximum atomic E-state index is 12.9. The van der Waals surface area contributed by atoms with Crippen LogP contribution in [0.2, 0.25) is 0 Å². The zero-order valence-corrected chi connectivity index (χ0v) is 14.4. The van der Waals surface area contributed by atoms with E-state index < -0.39 is 5.97 Å². The van der Waals surface area contributed by atoms with Crippen molar-refractivity contribution >= 4 is 11.9 Å². The number of ether oxygens (including phenoxy) is 2. The minimum atomic E-state index is -0.885. The molecule has 2 aliphatic rings. The summed E-state index contributed by atoms with van der Waals surface area (Å²) in [4.78, 5) is 25.7. The molecule has 0 saturated carbocycles. The first-order valence-electron chi connectivity index (χ1n) is 8.93. The normalized spacial score (nSPS) is 20.7. The van der Waals surface area contributed by atoms with Crippen molar-refractivity contribution in [1.82, 2.24) is 4.90 Å². The highest BCUT2D eigenvalue weighted by Crippen LogP contribution is 2.30. The highest BCUT2D eigenvalue weighted by molar-refractivity contribution is 5.78. The molecule has 6 heteroatoms. The van der Waals surface area contributed by atoms with Crippen LogP contribution in [-0.4, -0.2) is 54.3 Å². The zero-order chi connectivity index (χ0) is 17.6. The van der Waals surface area contributed by atoms with Crippen LogP contribution < -0.4 is 0 Å². The summed E-state index contributed by atoms with van der Waals surface area (Å²) in [5, 5.41) is 9.01. The van der Waals surface area contributed by atoms with Crippen molar-refractivity contribution < 1.29 is 24.2 Å². The molecule has 1 aromatic rings. The monoisotopic (exact) mass is 347 g/mol. The van der Waals surface area contributed by atoms with Gasteiger partial charge in [0.15, 0.2) is 0 Å². The van der Waals surface area contributed by atoms with Crippen molar-refractivity contribution in [2.45, 2.75) is 44.2 Å². The molecule has 0 aromatic heterocycles. The molecule has 1 N–H and O–H groups in total. The first-order chi connectivity index (χ1) is 12.1. The maximum absolute atomic E-state index is 12.9. The van der Waals surface area contributed by atoms with Crippen molar-refractivity contribution in [2.24, 2.45) is 0 Å². The molecule has 1 aromatic carbocycles. The van der Waals surface area contributed by atoms with Crippen molar-refractivity contribution in [3.05, 3.63) is 35.4 Å². The fourth-order valence-corrected chi connectivity index (χ4v) is 3.65. The molecule has 0 bridgehead atoms. The number of hydrogen-bond acceptors (Lipinski definition) is 4. The van der Waals surface area contributed by atoms with Gasteiger partial charge < -0.3 is 19.5 Å². The van der Waals surface area contributed by atoms with E-state index in [0.717, 1.165) is 24.8 Å². The van der Waals surface area contributed by atoms with Gasteiger partial charge in [-0.3, -0.25) is 9.59 Å². The standard InChI is InChI=1S/C19H25NO5/c21-18(13-17-16-4-2-1-3-14(16)6-12-25-17)20(9-5-19(22)23)15-7-10-24-11-8-15/h1-4,15,17H,5-13H2,(H,22,23). The van der Waals surface area contributed by atoms with Crippen LogP contribution in [0.4, 0.5) is 0 Å². The Bertz CT molecular complexity index is 612. The van der Waals surface area contributed by atoms with Crippen LogP contribution >= 0.6 is 0 Å². The van der Waals surface area contributed by atoms with E-state index in [2.05, 4.69) is 6.07 Å². The summed E-state index contributed by atoms with van der Waals surface area (Å²) < 4.78 is 11.2. The average Bonchev–Trinajstić information content (AvgIpc) is 2.63. The van der Waals surface area contributed by atoms with Crippen LogP contribution in [0, 0.1) is 0 Å². The minimum absolute atomic E-state index is 0.0325. The van der Waals surface area contributed by atoms with Gasteiger partial charge >= 0.3 is 5.97 Å². The van der Waals surface area contributed by atoms with Crippen molar-refractivity contribution in [3.63, 3.8) is 0 Å². The second kappa shape index (κ2) is 8.45. The summed E-state index contributed by atoms with van der Waals surface area (Å²) in [6.45, 7) is 2.09. The van der Waals surface area contributed by atoms with Gasteiger partial charge in [-0.2, -0.15) is 0 Å². The van der Waals surface area contributed by atoms with Crippen LogP contribution in [0.5, 0.6) is 0 Å². The van der Waals surface area contributed by atoms with Gasteiger partial charge in [0.1, 0.15) is 0 Å². The van der Waals surface area contributed by atoms with Gasteiger partial charge in [-0.15, -0.1) is 0 Å². The van der Waals surface area contributed by atoms with Gasteiger partial charge in [0.05, 0.1) is 25.6 Å². The molecule has 0 spiro atoms. The molecule has 3 rings (SSSR count). The van der Waals surface area contributed by atoms with E-state index in [1.54, 1.807) is 4.90 Å². The Labute approximate surface area is 147 Å². The molecule has 25 heavy (non-hydrogen) atoms. The highest BCUT2D eigenvalue weighted by Gasteiger charge is 2.30. The second-order valence-corrected chi connectivity index (χ2v) is 6.59. The molecule has 136 valence electrons. The van der Waals surface area contributed by atoms with Crippen LogP contribution in [0.3, 0.4) is 0 Å². The topological polar surface area (TPSA) is 76.1 Å². The number of fused-ring (bicyclic) bond motifs is 1. The number of amides is 1. The maximum Gasteiger partial charge on any atom is 0.305 e. The number of carboxylic acids is 1. The molecule has 1 atom stereocenters. The molecule has 1 amide bonds. The molecule has 1 fully saturated rings. The molecule has 0 radical (unpaired) electrons. The Morgan fingerprint density at radius 2 is 1.92 bits per heavy atom. The van der Waals surface area contributed by atoms with E-state index in [4.69, 9.17) is 14.6 Å². The van der Waals surface area contributed by atoms with E-state index >= 15 is 0 Å². The van der Waals surface area contributed by atoms with Crippen LogP contribution in [0.15, 0.2) is 24.3 Å². The van der Waals surface area contributed by atoms with Crippen LogP contribution in [0.25, 0.3) is 0 Å². The second-order valence-electron chi connectivity index (χ2n) is 6.59. The minimum Gasteiger partial charge on any atom is -0.481 e. The number of carboxylic acid groups (broad SMARTS) is 1. The number of aliphatic carboxylic acids is 1. The summed E-state index contributed by atoms with van der Waals surface area (Å²) in [5.41, 5.74) is 2.31. The Hall–Kier alpha value is -1.92. The smallest absolute Gasteiger partial charge is 0.305 e. The van der Waals surface area contributed by atoms with Crippen molar-refractivity contribution in [2.75, 3.05) is 26.4 Å². The molecule has 2 heterocycles. The number of carbonyl (C=O) groups excluding carboxylic acids is 1. The lowest BCUT2D eigenvalue weighted by Gasteiger charge is -2.35. The van der Waals surface area contributed by atoms with Gasteiger partial charge in [-0.05, 0) is 30.4 Å². The summed E-state index contributed by atoms with van der Waals surface area (Å²) >= 11 is 0. The van der Waals surface area contributed by atoms with E-state index in [0.29, 0.717) is 19.8 Å². The van der Waals surface area contributed by atoms with Crippen LogP contribution in [-0.2, 0) is 25.5 Å². The zero-order valence-electron chi connectivity index (χ0n) is 14.4. The highest BCUT2D eigenvalue weighted by atomic mass is 16.5. The predicted octanol–water partition coefficient (Wildman–Crippen LogP) is 2.17. The fourth-order valence-electron chi connectivity index (χ4n) is 3.65. The first-order valence-corrected chi connectivity index (χ1v) is 8.93. The largest absolute Gasteiger partial charge is 0.481 e. The summed E-state index contributed by atoms with van der Waals surface area (Å²) in [7, 11) is 0. The average molecular weight is 347 g/mol. The third-order valence-electron chi connectivity index (χ3n) is 4.97. The Kier molecular flexibility index (Phi) is 6.04. The molecule has 6 nitrogen and oxygen atoms in total. The number of hydrogen-bond donors (Lipinski definition) is 1. The van der Waals surface area contributed by atoms with Crippen molar-refractivity contribution in [1.29, 1.82) is 0 Å². The van der Waals surface area contributed by atoms with Gasteiger partial charge in [0, 0.05) is 25.8 Å². The summed E-state index contributed by atoms with van der Waals surface area (Å²) in [5.74, 6) is -0.918. The predicted molar refractivity (Wildman–Crippen MR) is 91.3 cm³/mol. The molecular formula is C19H25NO5. The SMILES string of the molecule is O=C(O)CCN(C(=O)CC1OCCc2ccccc21)C1CCOCC1. The third kappa shape index (κ3) is 4.58.